The van der Waals surface area contributed by atoms with Gasteiger partial charge < -0.3 is 4.55 Å². The van der Waals surface area contributed by atoms with Crippen LogP contribution in [0, 0.1) is 32.7 Å². The van der Waals surface area contributed by atoms with Crippen LogP contribution >= 0.6 is 19.8 Å². The van der Waals surface area contributed by atoms with Crippen LogP contribution in [0.5, 0.6) is 0 Å². The Balaban J connectivity index is 0.000000300. The van der Waals surface area contributed by atoms with Crippen molar-refractivity contribution in [3.05, 3.63) is 63.0 Å². The third-order valence-corrected chi connectivity index (χ3v) is 12.8. The van der Waals surface area contributed by atoms with E-state index < -0.39 is 63.9 Å². The zero-order valence-corrected chi connectivity index (χ0v) is 20.3. The van der Waals surface area contributed by atoms with Crippen molar-refractivity contribution in [1.29, 1.82) is 0 Å². The number of rotatable bonds is 2. The fourth-order valence-corrected chi connectivity index (χ4v) is 13.2. The summed E-state index contributed by atoms with van der Waals surface area (Å²) in [5.74, 6) is -12.8. The van der Waals surface area contributed by atoms with Crippen LogP contribution in [0.1, 0.15) is 41.5 Å². The Bertz CT molecular complexity index is 955. The molecule has 0 unspecified atom stereocenters. The van der Waals surface area contributed by atoms with Gasteiger partial charge in [-0.05, 0) is 0 Å². The maximum absolute atomic E-state index is 12.6. The molecule has 2 rings (SSSR count). The monoisotopic (exact) mass is 565 g/mol. The van der Waals surface area contributed by atoms with Crippen molar-refractivity contribution in [2.75, 3.05) is 0 Å². The van der Waals surface area contributed by atoms with Crippen LogP contribution < -0.4 is 0 Å². The second kappa shape index (κ2) is 9.47. The molecule has 2 aromatic carbocycles. The minimum atomic E-state index is -5.77. The zero-order valence-electron chi connectivity index (χ0n) is 17.3. The molecule has 0 aliphatic carbocycles. The number of hydrogen-bond acceptors (Lipinski definition) is 3. The Kier molecular flexibility index (Phi) is 8.45. The summed E-state index contributed by atoms with van der Waals surface area (Å²) in [6, 6.07) is 11.1. The van der Waals surface area contributed by atoms with Gasteiger partial charge in [-0.25, -0.2) is 30.4 Å². The molecule has 10 heteroatoms. The van der Waals surface area contributed by atoms with Gasteiger partial charge in [0.25, 0.3) is 0 Å². The summed E-state index contributed by atoms with van der Waals surface area (Å²) in [6.45, 7) is 14.4. The average molecular weight is 565 g/mol. The molecule has 0 saturated heterocycles. The van der Waals surface area contributed by atoms with Crippen LogP contribution in [0.4, 0.5) is 22.0 Å². The molecule has 0 radical (unpaired) electrons. The first kappa shape index (κ1) is 26.8. The Morgan fingerprint density at radius 1 is 0.700 bits per heavy atom. The van der Waals surface area contributed by atoms with E-state index in [0.29, 0.717) is 6.84 Å². The second-order valence-electron chi connectivity index (χ2n) is 8.07. The van der Waals surface area contributed by atoms with E-state index in [2.05, 4.69) is 71.9 Å². The molecule has 0 amide bonds. The van der Waals surface area contributed by atoms with Gasteiger partial charge in [-0.15, -0.1) is 0 Å². The van der Waals surface area contributed by atoms with E-state index in [9.17, 15) is 34.9 Å². The van der Waals surface area contributed by atoms with Crippen molar-refractivity contribution in [3.63, 3.8) is 0 Å². The zero-order chi connectivity index (χ0) is 23.7. The molecule has 0 N–H and O–H groups in total. The molecule has 2 aromatic rings. The van der Waals surface area contributed by atoms with Crippen molar-refractivity contribution < 1.29 is 34.9 Å². The van der Waals surface area contributed by atoms with Gasteiger partial charge in [0.2, 0.25) is 5.82 Å². The van der Waals surface area contributed by atoms with Crippen LogP contribution in [-0.2, 0) is 10.1 Å². The van der Waals surface area contributed by atoms with E-state index >= 15 is 0 Å². The SMILES string of the molecule is CC(C)(C)I(c1ccccc1)C(C)(C)C.O=S(=O)([O-])c1c(F)c(F)c(F)c(F)c1F. The summed E-state index contributed by atoms with van der Waals surface area (Å²) in [7, 11) is -5.77. The van der Waals surface area contributed by atoms with Gasteiger partial charge in [-0.1, -0.05) is 0 Å². The number of halogens is 6. The Hall–Kier alpha value is -1.27. The van der Waals surface area contributed by atoms with Gasteiger partial charge >= 0.3 is 102 Å². The number of hydrogen-bond donors (Lipinski definition) is 0. The molecule has 0 spiro atoms. The van der Waals surface area contributed by atoms with Gasteiger partial charge in [0, 0.05) is 0 Å². The molecule has 0 aromatic heterocycles. The van der Waals surface area contributed by atoms with Crippen LogP contribution in [0.15, 0.2) is 35.2 Å². The predicted octanol–water partition coefficient (Wildman–Crippen LogP) is 6.25. The van der Waals surface area contributed by atoms with Crippen molar-refractivity contribution in [2.45, 2.75) is 53.3 Å². The fourth-order valence-electron chi connectivity index (χ4n) is 2.85. The standard InChI is InChI=1S/C14H23I.C6HF5O3S/c1-13(2,3)15(14(4,5)6)12-10-8-7-9-11-12;7-1-2(8)4(10)6(15(12,13)14)5(11)3(1)9/h7-11H,1-6H3;(H,12,13,14)/p-1. The minimum absolute atomic E-state index is 0.462. The van der Waals surface area contributed by atoms with Crippen LogP contribution in [-0.4, -0.2) is 19.8 Å². The first-order valence-electron chi connectivity index (χ1n) is 8.63. The topological polar surface area (TPSA) is 57.2 Å². The molecular formula is C20H23F5IO3S-. The quantitative estimate of drug-likeness (QED) is 0.108. The van der Waals surface area contributed by atoms with E-state index in [1.54, 1.807) is 3.57 Å². The first-order valence-corrected chi connectivity index (χ1v) is 13.3. The number of benzene rings is 2. The molecule has 0 fully saturated rings. The fraction of sp³-hybridized carbons (Fsp3) is 0.400. The minimum Gasteiger partial charge on any atom is -0.744 e. The third kappa shape index (κ3) is 6.36. The van der Waals surface area contributed by atoms with Crippen molar-refractivity contribution >= 4 is 29.9 Å². The van der Waals surface area contributed by atoms with Gasteiger partial charge in [-0.3, -0.25) is 0 Å². The van der Waals surface area contributed by atoms with Crippen LogP contribution in [0.2, 0.25) is 0 Å². The molecule has 0 aliphatic heterocycles. The molecule has 30 heavy (non-hydrogen) atoms. The molecule has 0 heterocycles. The van der Waals surface area contributed by atoms with E-state index in [0.717, 1.165) is 0 Å². The molecule has 0 atom stereocenters. The summed E-state index contributed by atoms with van der Waals surface area (Å²) in [6.07, 6.45) is 0. The summed E-state index contributed by atoms with van der Waals surface area (Å²) in [4.78, 5) is -2.38. The van der Waals surface area contributed by atoms with E-state index in [1.165, 1.54) is 0 Å². The predicted molar refractivity (Wildman–Crippen MR) is 113 cm³/mol. The number of alkyl halides is 2. The average Bonchev–Trinajstić information content (AvgIpc) is 2.56. The van der Waals surface area contributed by atoms with Crippen LogP contribution in [0.25, 0.3) is 0 Å². The summed E-state index contributed by atoms with van der Waals surface area (Å²) >= 11 is -1.17. The van der Waals surface area contributed by atoms with Crippen molar-refractivity contribution in [3.8, 4) is 0 Å². The summed E-state index contributed by atoms with van der Waals surface area (Å²) in [5.41, 5.74) is 0. The smallest absolute Gasteiger partial charge is 0.200 e. The van der Waals surface area contributed by atoms with Gasteiger partial charge in [0.1, 0.15) is 15.0 Å². The van der Waals surface area contributed by atoms with Crippen molar-refractivity contribution in [1.82, 2.24) is 0 Å². The van der Waals surface area contributed by atoms with E-state index in [1.807, 2.05) is 0 Å². The Morgan fingerprint density at radius 2 is 1.03 bits per heavy atom. The maximum atomic E-state index is 12.6. The molecule has 0 aliphatic rings. The Morgan fingerprint density at radius 3 is 1.33 bits per heavy atom. The molecule has 0 bridgehead atoms. The van der Waals surface area contributed by atoms with Crippen molar-refractivity contribution in [2.24, 2.45) is 0 Å². The van der Waals surface area contributed by atoms with Gasteiger partial charge in [0.15, 0.2) is 23.3 Å². The maximum Gasteiger partial charge on any atom is 0.200 e. The van der Waals surface area contributed by atoms with E-state index in [-0.39, 0.29) is 0 Å². The summed E-state index contributed by atoms with van der Waals surface area (Å²) in [5, 5.41) is 0. The molecular weight excluding hydrogens is 542 g/mol. The second-order valence-corrected chi connectivity index (χ2v) is 18.7. The van der Waals surface area contributed by atoms with Gasteiger partial charge in [-0.2, -0.15) is 0 Å². The normalized spacial score (nSPS) is 12.9. The van der Waals surface area contributed by atoms with Crippen LogP contribution in [0.3, 0.4) is 0 Å². The third-order valence-electron chi connectivity index (χ3n) is 3.50. The Labute approximate surface area is 180 Å². The molecule has 3 nitrogen and oxygen atoms in total. The largest absolute Gasteiger partial charge is 0.744 e. The van der Waals surface area contributed by atoms with Gasteiger partial charge in [0.05, 0.1) is 0 Å². The molecule has 0 saturated carbocycles. The summed E-state index contributed by atoms with van der Waals surface area (Å²) < 4.78 is 95.4. The first-order chi connectivity index (χ1) is 13.4. The van der Waals surface area contributed by atoms with E-state index in [4.69, 9.17) is 0 Å². The molecule has 170 valence electrons.